The zero-order valence-electron chi connectivity index (χ0n) is 63.1. The van der Waals surface area contributed by atoms with E-state index in [-0.39, 0.29) is 0 Å². The molecule has 6 aromatic heterocycles. The third-order valence-electron chi connectivity index (χ3n) is 21.0. The molecule has 624 valence electrons. The maximum absolute atomic E-state index is 11.9. The first-order chi connectivity index (χ1) is 55.8. The molecule has 44 heteroatoms. The summed E-state index contributed by atoms with van der Waals surface area (Å²) in [5.41, 5.74) is 4.77. The molecule has 11 heterocycles. The smallest absolute Gasteiger partial charge is 0.371 e. The number of aliphatic carboxylic acids is 2. The second-order valence-corrected chi connectivity index (χ2v) is 28.9. The largest absolute Gasteiger partial charge is 0.475 e. The van der Waals surface area contributed by atoms with E-state index in [1.165, 1.54) is 66.7 Å². The lowest BCUT2D eigenvalue weighted by molar-refractivity contribution is -0.233. The van der Waals surface area contributed by atoms with Gasteiger partial charge in [-0.1, -0.05) is 107 Å². The molecule has 3 fully saturated rings. The van der Waals surface area contributed by atoms with Crippen LogP contribution in [0.2, 0.25) is 0 Å². The molecule has 0 spiro atoms. The predicted molar refractivity (Wildman–Crippen MR) is 389 cm³/mol. The molecule has 8 aromatic rings. The van der Waals surface area contributed by atoms with Crippen LogP contribution in [0.3, 0.4) is 0 Å². The first kappa shape index (κ1) is 83.5. The van der Waals surface area contributed by atoms with E-state index in [0.717, 1.165) is 12.2 Å². The van der Waals surface area contributed by atoms with Gasteiger partial charge >= 0.3 is 11.9 Å². The number of aliphatic hydroxyl groups excluding tert-OH is 11. The second-order valence-electron chi connectivity index (χ2n) is 28.9. The molecule has 0 saturated carbocycles. The molecule has 0 aliphatic carbocycles. The number of ether oxygens (including phenoxy) is 7. The Bertz CT molecular complexity index is 4700. The molecule has 15 N–H and O–H groups in total. The summed E-state index contributed by atoms with van der Waals surface area (Å²) in [6.45, 7) is 4.47. The van der Waals surface area contributed by atoms with Gasteiger partial charge < -0.3 is 110 Å². The van der Waals surface area contributed by atoms with Gasteiger partial charge in [-0.05, 0) is 63.5 Å². The number of aliphatic hydroxyl groups is 11. The number of unbranched alkanes of at least 4 members (excludes halogenated alkanes) is 2. The Morgan fingerprint density at radius 2 is 0.716 bits per heavy atom. The number of hydrogen-bond donors (Lipinski definition) is 15. The highest BCUT2D eigenvalue weighted by Crippen LogP contribution is 2.40. The number of rotatable bonds is 33. The average molecular weight is 1620 g/mol. The van der Waals surface area contributed by atoms with Crippen LogP contribution in [-0.2, 0) is 65.2 Å². The van der Waals surface area contributed by atoms with Crippen LogP contribution >= 0.6 is 0 Å². The molecule has 0 bridgehead atoms. The summed E-state index contributed by atoms with van der Waals surface area (Å²) in [6, 6.07) is 8.44. The Balaban J connectivity index is 0.569. The Kier molecular flexibility index (Phi) is 26.5. The highest BCUT2D eigenvalue weighted by molar-refractivity contribution is 5.85. The molecule has 2 amide bonds. The molecule has 5 aliphatic heterocycles. The summed E-state index contributed by atoms with van der Waals surface area (Å²) in [4.78, 5) is 47.0. The number of hydrogen-bond acceptors (Lipinski definition) is 34. The molecule has 116 heavy (non-hydrogen) atoms. The zero-order valence-corrected chi connectivity index (χ0v) is 63.1. The molecule has 23 atom stereocenters. The number of carbonyl (C=O) groups is 4. The molecular formula is C72H92N20O24. The fraction of sp³-hybridized carbons (Fsp3) is 0.556. The van der Waals surface area contributed by atoms with E-state index in [4.69, 9.17) is 33.2 Å². The van der Waals surface area contributed by atoms with Gasteiger partial charge in [0.25, 0.3) is 0 Å². The quantitative estimate of drug-likeness (QED) is 0.0195. The van der Waals surface area contributed by atoms with Crippen molar-refractivity contribution in [2.75, 3.05) is 19.8 Å². The highest BCUT2D eigenvalue weighted by atomic mass is 16.7. The van der Waals surface area contributed by atoms with Crippen molar-refractivity contribution >= 4 is 23.8 Å². The van der Waals surface area contributed by atoms with Crippen LogP contribution in [0.25, 0.3) is 45.0 Å². The summed E-state index contributed by atoms with van der Waals surface area (Å²) in [6.07, 6.45) is -6.23. The van der Waals surface area contributed by atoms with Gasteiger partial charge in [-0.3, -0.25) is 9.59 Å². The van der Waals surface area contributed by atoms with Crippen molar-refractivity contribution in [3.63, 3.8) is 0 Å². The second kappa shape index (κ2) is 36.8. The maximum Gasteiger partial charge on any atom is 0.371 e. The van der Waals surface area contributed by atoms with Crippen LogP contribution in [0, 0.1) is 0 Å². The molecule has 5 aliphatic rings. The van der Waals surface area contributed by atoms with E-state index in [9.17, 15) is 85.6 Å². The van der Waals surface area contributed by atoms with Crippen molar-refractivity contribution in [1.29, 1.82) is 0 Å². The summed E-state index contributed by atoms with van der Waals surface area (Å²) < 4.78 is 49.3. The number of nitrogens with one attached hydrogen (secondary N) is 2. The Morgan fingerprint density at radius 3 is 1.01 bits per heavy atom. The summed E-state index contributed by atoms with van der Waals surface area (Å²) in [5.74, 6) is -4.71. The topological polar surface area (TPSA) is 604 Å². The monoisotopic (exact) mass is 1620 g/mol. The van der Waals surface area contributed by atoms with Crippen molar-refractivity contribution in [2.45, 2.75) is 233 Å². The van der Waals surface area contributed by atoms with Crippen molar-refractivity contribution < 1.29 is 119 Å². The van der Waals surface area contributed by atoms with Crippen LogP contribution in [0.4, 0.5) is 0 Å². The molecule has 2 aromatic carbocycles. The van der Waals surface area contributed by atoms with Gasteiger partial charge in [0.1, 0.15) is 120 Å². The zero-order chi connectivity index (χ0) is 82.3. The van der Waals surface area contributed by atoms with Gasteiger partial charge in [-0.15, -0.1) is 30.6 Å². The average Bonchev–Trinajstić information content (AvgIpc) is 1.55. The van der Waals surface area contributed by atoms with Crippen molar-refractivity contribution in [3.8, 4) is 45.0 Å². The van der Waals surface area contributed by atoms with E-state index in [0.29, 0.717) is 121 Å². The van der Waals surface area contributed by atoms with E-state index in [1.54, 1.807) is 60.9 Å². The Hall–Kier alpha value is -10.4. The van der Waals surface area contributed by atoms with Gasteiger partial charge in [-0.25, -0.2) is 37.7 Å². The number of nitrogens with zero attached hydrogens (tertiary/aromatic N) is 18. The first-order valence-corrected chi connectivity index (χ1v) is 37.9. The highest BCUT2D eigenvalue weighted by Gasteiger charge is 2.51. The number of aromatic nitrogens is 18. The Labute approximate surface area is 659 Å². The lowest BCUT2D eigenvalue weighted by atomic mass is 9.95. The van der Waals surface area contributed by atoms with Gasteiger partial charge in [0.15, 0.2) is 18.7 Å². The van der Waals surface area contributed by atoms with Crippen LogP contribution in [0.5, 0.6) is 0 Å². The molecule has 44 nitrogen and oxygen atoms in total. The normalized spacial score (nSPS) is 29.4. The molecule has 0 radical (unpaired) electrons. The number of carbonyl (C=O) groups excluding carboxylic acids is 2. The minimum absolute atomic E-state index is 0.343. The number of carboxylic acid groups (broad SMARTS) is 2. The van der Waals surface area contributed by atoms with Gasteiger partial charge in [0, 0.05) is 48.5 Å². The summed E-state index contributed by atoms with van der Waals surface area (Å²) >= 11 is 0. The number of benzene rings is 2. The van der Waals surface area contributed by atoms with Gasteiger partial charge in [-0.2, -0.15) is 0 Å². The molecule has 13 rings (SSSR count). The van der Waals surface area contributed by atoms with E-state index < -0.39 is 196 Å². The van der Waals surface area contributed by atoms with Crippen LogP contribution in [0.1, 0.15) is 127 Å². The van der Waals surface area contributed by atoms with Crippen LogP contribution in [0.15, 0.2) is 109 Å². The van der Waals surface area contributed by atoms with Crippen molar-refractivity contribution in [2.24, 2.45) is 0 Å². The lowest BCUT2D eigenvalue weighted by Gasteiger charge is -2.41. The Morgan fingerprint density at radius 1 is 0.422 bits per heavy atom. The lowest BCUT2D eigenvalue weighted by Crippen LogP contribution is -2.55. The predicted octanol–water partition coefficient (Wildman–Crippen LogP) is -2.14. The van der Waals surface area contributed by atoms with Crippen LogP contribution in [-0.4, -0.2) is 304 Å². The number of aryl methyl sites for hydroxylation is 2. The summed E-state index contributed by atoms with van der Waals surface area (Å²) in [5, 5.41) is 197. The third-order valence-corrected chi connectivity index (χ3v) is 21.0. The molecule has 0 unspecified atom stereocenters. The number of amides is 2. The molecular weight excluding hydrogens is 1530 g/mol. The number of carboxylic acids is 2. The SMILES string of the molecule is CC[C@@H](CCCCc1cn([C@H]2[C@H](O)[C@@H](O)[C@H](n3cc(-c4ccc(-c5cn([C@H]6[C@H](O)[C@@H](O)[C@H](n7cc(-c8ccc(-c9cn([C@@H]%10O[C@H](CO)[C@@H](n%11cc(CCCC[C@H](CC)O[C@@H]%12OC(C(=O)O)=C[C@H](O)[C@H]%12NC(C)=O)nn%11)[C@H](O)[C@H]%10O)nn9)cc8)nn7)O[C@@H]6CO)nn5)cc4)nn3)O[C@@H]2CO)nn1)O[C@@H]1OC(C(=O)O)=C[C@H](O)[C@H]1NC(C)=O. The minimum atomic E-state index is -1.63. The van der Waals surface area contributed by atoms with Crippen molar-refractivity contribution in [3.05, 3.63) is 121 Å². The third kappa shape index (κ3) is 18.4. The van der Waals surface area contributed by atoms with E-state index in [2.05, 4.69) is 72.5 Å². The fourth-order valence-electron chi connectivity index (χ4n) is 14.8. The fourth-order valence-corrected chi connectivity index (χ4v) is 14.8. The van der Waals surface area contributed by atoms with Gasteiger partial charge in [0.2, 0.25) is 35.9 Å². The minimum Gasteiger partial charge on any atom is -0.475 e. The molecule has 3 saturated heterocycles. The van der Waals surface area contributed by atoms with Crippen LogP contribution < -0.4 is 10.6 Å². The summed E-state index contributed by atoms with van der Waals surface area (Å²) in [7, 11) is 0. The van der Waals surface area contributed by atoms with Gasteiger partial charge in [0.05, 0.1) is 68.2 Å². The van der Waals surface area contributed by atoms with Crippen molar-refractivity contribution in [1.82, 2.24) is 101 Å². The van der Waals surface area contributed by atoms with E-state index >= 15 is 0 Å². The standard InChI is InChI=1S/C72H92N20O24/c1-5-42(110-71-55(73-34(3)96)48(98)23-50(115-71)69(106)107)13-9-7-11-40-25-87(81-75-40)57-52(31-93)112-66(63(103)60(57)100)90-28-45(78-84-90)37-17-15-36(16-18-37)44-27-89(83-77-44)59-54(33-95)114-68(65(105)62(59)102)92-30-47(80-86-92)39-21-19-38(20-22-39)46-29-91(85-79-46)67-64(104)61(101)58(53(32-94)113-67)88-26-41(76-82-88)12-8-10-14-43(6-2)111-72-56(74-35(4)97)49(99)24-51(116-72)70(108)109/h15-30,42-43,48-49,52-68,71-72,93-95,98-105H,5-14,31-33H2,1-4H3,(H,73,96)(H,74,97)(H,106,107)(H,108,109)/t42-,43-,48-,49-,52+,53+,54+,55+,56+,57+,58+,59+,60-,61-,62-,63+,64+,65+,66+,67+,68+,71+,72+/m0/s1. The maximum atomic E-state index is 11.9. The first-order valence-electron chi connectivity index (χ1n) is 37.9. The van der Waals surface area contributed by atoms with E-state index in [1.807, 2.05) is 13.8 Å².